The van der Waals surface area contributed by atoms with E-state index in [-0.39, 0.29) is 0 Å². The van der Waals surface area contributed by atoms with Gasteiger partial charge in [0.05, 0.1) is 10.4 Å². The fourth-order valence-electron chi connectivity index (χ4n) is 8.24. The van der Waals surface area contributed by atoms with Crippen molar-refractivity contribution in [3.8, 4) is 33.4 Å². The lowest BCUT2D eigenvalue weighted by Gasteiger charge is -2.26. The van der Waals surface area contributed by atoms with Gasteiger partial charge in [0.25, 0.3) is 0 Å². The quantitative estimate of drug-likeness (QED) is 0.170. The summed E-state index contributed by atoms with van der Waals surface area (Å²) in [5.74, 6) is 0. The van der Waals surface area contributed by atoms with E-state index >= 15 is 0 Å². The lowest BCUT2D eigenvalue weighted by atomic mass is 9.96. The van der Waals surface area contributed by atoms with Crippen LogP contribution in [-0.4, -0.2) is 0 Å². The van der Waals surface area contributed by atoms with Crippen molar-refractivity contribution in [2.45, 2.75) is 0 Å². The highest BCUT2D eigenvalue weighted by molar-refractivity contribution is 7.27. The van der Waals surface area contributed by atoms with Crippen LogP contribution in [0.3, 0.4) is 0 Å². The van der Waals surface area contributed by atoms with Crippen molar-refractivity contribution in [1.29, 1.82) is 0 Å². The summed E-state index contributed by atoms with van der Waals surface area (Å²) in [6.07, 6.45) is 0. The zero-order chi connectivity index (χ0) is 36.3. The van der Waals surface area contributed by atoms with Gasteiger partial charge in [-0.25, -0.2) is 0 Å². The lowest BCUT2D eigenvalue weighted by Crippen LogP contribution is -2.10. The Morgan fingerprint density at radius 3 is 1.82 bits per heavy atom. The number of hydrogen-bond acceptors (Lipinski definition) is 3. The highest BCUT2D eigenvalue weighted by Gasteiger charge is 2.21. The summed E-state index contributed by atoms with van der Waals surface area (Å²) >= 11 is 1.88. The molecule has 2 aromatic heterocycles. The third-order valence-electron chi connectivity index (χ3n) is 10.9. The van der Waals surface area contributed by atoms with Crippen molar-refractivity contribution in [1.82, 2.24) is 0 Å². The normalized spacial score (nSPS) is 11.6. The number of rotatable bonds is 6. The Balaban J connectivity index is 1.14. The maximum Gasteiger partial charge on any atom is 0.137 e. The smallest absolute Gasteiger partial charge is 0.137 e. The molecule has 0 radical (unpaired) electrons. The van der Waals surface area contributed by atoms with E-state index in [1.54, 1.807) is 0 Å². The molecule has 0 saturated heterocycles. The van der Waals surface area contributed by atoms with Gasteiger partial charge in [-0.15, -0.1) is 11.3 Å². The minimum atomic E-state index is 0.874. The predicted molar refractivity (Wildman–Crippen MR) is 235 cm³/mol. The molecule has 0 unspecified atom stereocenters. The molecule has 0 aliphatic heterocycles. The maximum atomic E-state index is 6.46. The summed E-state index contributed by atoms with van der Waals surface area (Å²) in [5, 5.41) is 7.25. The molecule has 0 spiro atoms. The molecule has 0 atom stereocenters. The monoisotopic (exact) mass is 719 g/mol. The second-order valence-corrected chi connectivity index (χ2v) is 15.1. The Morgan fingerprint density at radius 2 is 0.982 bits per heavy atom. The Morgan fingerprint density at radius 1 is 0.345 bits per heavy atom. The fourth-order valence-corrected chi connectivity index (χ4v) is 9.56. The summed E-state index contributed by atoms with van der Waals surface area (Å²) in [6.45, 7) is 0. The molecule has 0 aliphatic carbocycles. The van der Waals surface area contributed by atoms with E-state index in [1.807, 2.05) is 23.5 Å². The van der Waals surface area contributed by atoms with Gasteiger partial charge in [0.1, 0.15) is 11.2 Å². The Bertz CT molecular complexity index is 3190. The number of furan rings is 1. The van der Waals surface area contributed by atoms with E-state index in [4.69, 9.17) is 4.42 Å². The average Bonchev–Trinajstić information content (AvgIpc) is 3.83. The maximum absolute atomic E-state index is 6.46. The second kappa shape index (κ2) is 12.9. The summed E-state index contributed by atoms with van der Waals surface area (Å²) in [4.78, 5) is 2.40. The Hall–Kier alpha value is -6.94. The van der Waals surface area contributed by atoms with Crippen LogP contribution >= 0.6 is 11.3 Å². The number of thiophene rings is 1. The van der Waals surface area contributed by atoms with Gasteiger partial charge in [0.2, 0.25) is 0 Å². The molecule has 258 valence electrons. The van der Waals surface area contributed by atoms with E-state index < -0.39 is 0 Å². The number of benzene rings is 9. The van der Waals surface area contributed by atoms with Crippen molar-refractivity contribution >= 4 is 81.3 Å². The first-order valence-corrected chi connectivity index (χ1v) is 19.5. The molecule has 0 saturated carbocycles. The minimum absolute atomic E-state index is 0.874. The van der Waals surface area contributed by atoms with Crippen molar-refractivity contribution in [3.05, 3.63) is 200 Å². The van der Waals surface area contributed by atoms with Crippen LogP contribution in [0.1, 0.15) is 0 Å². The topological polar surface area (TPSA) is 16.4 Å². The van der Waals surface area contributed by atoms with Gasteiger partial charge in [-0.05, 0) is 87.1 Å². The molecule has 0 amide bonds. The van der Waals surface area contributed by atoms with Crippen molar-refractivity contribution in [3.63, 3.8) is 0 Å². The summed E-state index contributed by atoms with van der Waals surface area (Å²) in [6, 6.07) is 72.1. The van der Waals surface area contributed by atoms with Crippen molar-refractivity contribution in [2.24, 2.45) is 0 Å². The van der Waals surface area contributed by atoms with Gasteiger partial charge in [0, 0.05) is 49.2 Å². The lowest BCUT2D eigenvalue weighted by molar-refractivity contribution is 0.669. The Labute approximate surface area is 322 Å². The SMILES string of the molecule is c1ccc(-c2cc(-c3ccccc3)c3sc4c(N(c5ccc(-c6cccc7ccccc67)cc5)c5ccc6c(c5)oc5ccccc56)cccc4c3c2)cc1. The predicted octanol–water partition coefficient (Wildman–Crippen LogP) is 15.6. The minimum Gasteiger partial charge on any atom is -0.456 e. The van der Waals surface area contributed by atoms with Crippen LogP contribution in [0, 0.1) is 0 Å². The summed E-state index contributed by atoms with van der Waals surface area (Å²) < 4.78 is 8.99. The number of fused-ring (bicyclic) bond motifs is 7. The molecule has 55 heavy (non-hydrogen) atoms. The molecule has 2 heterocycles. The second-order valence-electron chi connectivity index (χ2n) is 14.1. The van der Waals surface area contributed by atoms with E-state index in [1.165, 1.54) is 64.3 Å². The zero-order valence-electron chi connectivity index (χ0n) is 29.8. The molecule has 0 bridgehead atoms. The fraction of sp³-hybridized carbons (Fsp3) is 0. The number of hydrogen-bond donors (Lipinski definition) is 0. The van der Waals surface area contributed by atoms with Gasteiger partial charge in [-0.1, -0.05) is 146 Å². The van der Waals surface area contributed by atoms with Crippen LogP contribution < -0.4 is 4.90 Å². The number of nitrogens with zero attached hydrogens (tertiary/aromatic N) is 1. The largest absolute Gasteiger partial charge is 0.456 e. The van der Waals surface area contributed by atoms with Crippen LogP contribution in [0.5, 0.6) is 0 Å². The van der Waals surface area contributed by atoms with Gasteiger partial charge >= 0.3 is 0 Å². The molecule has 3 heteroatoms. The third-order valence-corrected chi connectivity index (χ3v) is 12.1. The van der Waals surface area contributed by atoms with Crippen molar-refractivity contribution < 1.29 is 4.42 Å². The average molecular weight is 720 g/mol. The number of para-hydroxylation sites is 1. The van der Waals surface area contributed by atoms with Gasteiger partial charge in [-0.2, -0.15) is 0 Å². The first-order valence-electron chi connectivity index (χ1n) is 18.7. The van der Waals surface area contributed by atoms with E-state index in [9.17, 15) is 0 Å². The molecule has 11 aromatic rings. The highest BCUT2D eigenvalue weighted by Crippen LogP contribution is 2.49. The van der Waals surface area contributed by atoms with Gasteiger partial charge in [-0.3, -0.25) is 0 Å². The van der Waals surface area contributed by atoms with Gasteiger partial charge < -0.3 is 9.32 Å². The highest BCUT2D eigenvalue weighted by atomic mass is 32.1. The molecule has 0 aliphatic rings. The van der Waals surface area contributed by atoms with E-state index in [0.29, 0.717) is 0 Å². The molecular formula is C52H33NOS. The van der Waals surface area contributed by atoms with E-state index in [0.717, 1.165) is 39.0 Å². The summed E-state index contributed by atoms with van der Waals surface area (Å²) in [5.41, 5.74) is 12.3. The first kappa shape index (κ1) is 31.6. The first-order chi connectivity index (χ1) is 27.3. The van der Waals surface area contributed by atoms with Crippen molar-refractivity contribution in [2.75, 3.05) is 4.90 Å². The van der Waals surface area contributed by atoms with Gasteiger partial charge in [0.15, 0.2) is 0 Å². The molecule has 9 aromatic carbocycles. The van der Waals surface area contributed by atoms with Crippen LogP contribution in [-0.2, 0) is 0 Å². The van der Waals surface area contributed by atoms with Crippen LogP contribution in [0.15, 0.2) is 205 Å². The number of anilines is 3. The molecular weight excluding hydrogens is 687 g/mol. The van der Waals surface area contributed by atoms with E-state index in [2.05, 4.69) is 193 Å². The zero-order valence-corrected chi connectivity index (χ0v) is 30.6. The standard InChI is InChI=1S/C52H33NOS/c1-3-13-34(14-4-1)38-31-46(36-15-5-2-6-16-36)51-47(32-38)45-22-12-23-48(52(45)55-51)53(40-29-30-44-43-20-9-10-24-49(43)54-50(44)33-40)39-27-25-37(26-28-39)42-21-11-18-35-17-7-8-19-41(35)42/h1-33H. The van der Waals surface area contributed by atoms with Crippen LogP contribution in [0.4, 0.5) is 17.1 Å². The molecule has 2 nitrogen and oxygen atoms in total. The van der Waals surface area contributed by atoms with Crippen LogP contribution in [0.25, 0.3) is 86.3 Å². The molecule has 11 rings (SSSR count). The molecule has 0 N–H and O–H groups in total. The molecule has 0 fully saturated rings. The Kier molecular flexibility index (Phi) is 7.39. The third kappa shape index (κ3) is 5.32. The van der Waals surface area contributed by atoms with Crippen LogP contribution in [0.2, 0.25) is 0 Å². The summed E-state index contributed by atoms with van der Waals surface area (Å²) in [7, 11) is 0.